The summed E-state index contributed by atoms with van der Waals surface area (Å²) in [5.41, 5.74) is 2.92. The number of hydrogen-bond donors (Lipinski definition) is 3. The standard InChI is InChI=1S/C28H33FN8O2/c1-19(38)17-36-10-12-37(13-11-36)23-5-3-22(4-6-23)34-28-33-18-32-27(35-28)20-2-7-25(21(14-20)15-30)39-26-8-9-31-16-24(26)29/h2-7,14,18-19,24,26,31,38H,8-13,16-17H2,1H3,(H,32,33,34,35)/t19-,24-,26?/m0/s1. The Morgan fingerprint density at radius 1 is 1.18 bits per heavy atom. The first-order valence-corrected chi connectivity index (χ1v) is 13.3. The fourth-order valence-corrected chi connectivity index (χ4v) is 4.89. The number of β-amino-alcohol motifs (C(OH)–C–C–N with tert-alkyl or cyclic N) is 1. The number of piperazine rings is 1. The van der Waals surface area contributed by atoms with Crippen molar-refractivity contribution in [3.8, 4) is 23.2 Å². The molecule has 3 heterocycles. The number of aromatic nitrogens is 3. The van der Waals surface area contributed by atoms with Crippen molar-refractivity contribution >= 4 is 17.3 Å². The van der Waals surface area contributed by atoms with E-state index in [1.165, 1.54) is 6.33 Å². The van der Waals surface area contributed by atoms with E-state index in [9.17, 15) is 14.8 Å². The Morgan fingerprint density at radius 3 is 2.69 bits per heavy atom. The molecule has 5 rings (SSSR count). The largest absolute Gasteiger partial charge is 0.486 e. The summed E-state index contributed by atoms with van der Waals surface area (Å²) < 4.78 is 20.0. The fraction of sp³-hybridized carbons (Fsp3) is 0.429. The van der Waals surface area contributed by atoms with Gasteiger partial charge in [-0.3, -0.25) is 4.90 Å². The minimum Gasteiger partial charge on any atom is -0.486 e. The molecule has 0 radical (unpaired) electrons. The van der Waals surface area contributed by atoms with Gasteiger partial charge in [-0.2, -0.15) is 10.2 Å². The highest BCUT2D eigenvalue weighted by molar-refractivity contribution is 5.64. The molecule has 10 nitrogen and oxygen atoms in total. The van der Waals surface area contributed by atoms with Gasteiger partial charge >= 0.3 is 0 Å². The molecule has 0 aliphatic carbocycles. The summed E-state index contributed by atoms with van der Waals surface area (Å²) in [6.07, 6.45) is -0.0530. The molecule has 3 aromatic rings. The number of alkyl halides is 1. The molecule has 204 valence electrons. The van der Waals surface area contributed by atoms with Gasteiger partial charge < -0.3 is 25.4 Å². The van der Waals surface area contributed by atoms with Crippen molar-refractivity contribution < 1.29 is 14.2 Å². The Morgan fingerprint density at radius 2 is 1.97 bits per heavy atom. The Hall–Kier alpha value is -3.85. The molecule has 2 saturated heterocycles. The lowest BCUT2D eigenvalue weighted by Crippen LogP contribution is -2.48. The third kappa shape index (κ3) is 6.78. The van der Waals surface area contributed by atoms with Gasteiger partial charge in [0.2, 0.25) is 5.95 Å². The lowest BCUT2D eigenvalue weighted by molar-refractivity contribution is 0.0729. The number of aliphatic hydroxyl groups excluding tert-OH is 1. The molecule has 2 aromatic carbocycles. The number of benzene rings is 2. The Kier molecular flexibility index (Phi) is 8.46. The van der Waals surface area contributed by atoms with Crippen LogP contribution >= 0.6 is 0 Å². The summed E-state index contributed by atoms with van der Waals surface area (Å²) in [5.74, 6) is 1.15. The highest BCUT2D eigenvalue weighted by atomic mass is 19.1. The van der Waals surface area contributed by atoms with Crippen LogP contribution in [0.4, 0.5) is 21.7 Å². The average molecular weight is 533 g/mol. The van der Waals surface area contributed by atoms with Crippen molar-refractivity contribution in [2.45, 2.75) is 31.7 Å². The zero-order valence-corrected chi connectivity index (χ0v) is 21.9. The maximum atomic E-state index is 14.2. The van der Waals surface area contributed by atoms with E-state index in [2.05, 4.69) is 53.6 Å². The van der Waals surface area contributed by atoms with Crippen LogP contribution in [0.25, 0.3) is 11.4 Å². The second kappa shape index (κ2) is 12.3. The van der Waals surface area contributed by atoms with Crippen molar-refractivity contribution in [2.24, 2.45) is 0 Å². The molecule has 3 atom stereocenters. The van der Waals surface area contributed by atoms with E-state index in [4.69, 9.17) is 4.74 Å². The summed E-state index contributed by atoms with van der Waals surface area (Å²) in [4.78, 5) is 17.7. The number of nitriles is 1. The second-order valence-electron chi connectivity index (χ2n) is 9.93. The molecule has 0 saturated carbocycles. The molecule has 0 spiro atoms. The van der Waals surface area contributed by atoms with E-state index in [1.807, 2.05) is 19.1 Å². The van der Waals surface area contributed by atoms with Gasteiger partial charge in [0, 0.05) is 56.2 Å². The quantitative estimate of drug-likeness (QED) is 0.399. The van der Waals surface area contributed by atoms with Crippen LogP contribution in [0.3, 0.4) is 0 Å². The lowest BCUT2D eigenvalue weighted by atomic mass is 10.1. The predicted octanol–water partition coefficient (Wildman–Crippen LogP) is 2.74. The molecule has 0 bridgehead atoms. The monoisotopic (exact) mass is 532 g/mol. The number of piperidine rings is 1. The third-order valence-electron chi connectivity index (χ3n) is 6.94. The number of nitrogens with one attached hydrogen (secondary N) is 2. The van der Waals surface area contributed by atoms with Gasteiger partial charge in [0.05, 0.1) is 11.7 Å². The Labute approximate surface area is 227 Å². The van der Waals surface area contributed by atoms with Crippen molar-refractivity contribution in [1.82, 2.24) is 25.2 Å². The third-order valence-corrected chi connectivity index (χ3v) is 6.94. The Bertz CT molecular complexity index is 1290. The molecule has 39 heavy (non-hydrogen) atoms. The average Bonchev–Trinajstić information content (AvgIpc) is 2.95. The van der Waals surface area contributed by atoms with Crippen LogP contribution in [-0.4, -0.2) is 89.2 Å². The molecule has 1 aromatic heterocycles. The number of hydrogen-bond acceptors (Lipinski definition) is 10. The minimum absolute atomic E-state index is 0.246. The second-order valence-corrected chi connectivity index (χ2v) is 9.93. The van der Waals surface area contributed by atoms with Gasteiger partial charge in [-0.15, -0.1) is 0 Å². The number of rotatable bonds is 8. The molecule has 2 aliphatic heterocycles. The number of nitrogens with zero attached hydrogens (tertiary/aromatic N) is 6. The van der Waals surface area contributed by atoms with Crippen LogP contribution in [0.15, 0.2) is 48.8 Å². The molecule has 3 N–H and O–H groups in total. The summed E-state index contributed by atoms with van der Waals surface area (Å²) in [6, 6.07) is 15.3. The fourth-order valence-electron chi connectivity index (χ4n) is 4.89. The summed E-state index contributed by atoms with van der Waals surface area (Å²) in [7, 11) is 0. The van der Waals surface area contributed by atoms with Gasteiger partial charge in [0.1, 0.15) is 30.4 Å². The van der Waals surface area contributed by atoms with Crippen molar-refractivity contribution in [3.63, 3.8) is 0 Å². The molecule has 2 fully saturated rings. The van der Waals surface area contributed by atoms with Crippen LogP contribution in [0.1, 0.15) is 18.9 Å². The van der Waals surface area contributed by atoms with Gasteiger partial charge in [0.25, 0.3) is 0 Å². The number of halogens is 1. The number of anilines is 3. The summed E-state index contributed by atoms with van der Waals surface area (Å²) in [6.45, 7) is 7.13. The molecular weight excluding hydrogens is 499 g/mol. The maximum Gasteiger partial charge on any atom is 0.230 e. The topological polar surface area (TPSA) is 122 Å². The van der Waals surface area contributed by atoms with E-state index < -0.39 is 12.3 Å². The number of aliphatic hydroxyl groups is 1. The van der Waals surface area contributed by atoms with Gasteiger partial charge in [-0.1, -0.05) is 0 Å². The molecule has 11 heteroatoms. The number of ether oxygens (including phenoxy) is 1. The van der Waals surface area contributed by atoms with E-state index >= 15 is 0 Å². The van der Waals surface area contributed by atoms with E-state index in [-0.39, 0.29) is 12.6 Å². The van der Waals surface area contributed by atoms with Crippen LogP contribution in [-0.2, 0) is 0 Å². The van der Waals surface area contributed by atoms with Crippen LogP contribution < -0.4 is 20.3 Å². The molecule has 2 aliphatic rings. The molecular formula is C28H33FN8O2. The first-order chi connectivity index (χ1) is 19.0. The van der Waals surface area contributed by atoms with Gasteiger partial charge in [-0.25, -0.2) is 14.4 Å². The van der Waals surface area contributed by atoms with Gasteiger partial charge in [-0.05, 0) is 62.4 Å². The van der Waals surface area contributed by atoms with Crippen LogP contribution in [0, 0.1) is 11.3 Å². The summed E-state index contributed by atoms with van der Waals surface area (Å²) in [5, 5.41) is 25.5. The molecule has 0 amide bonds. The lowest BCUT2D eigenvalue weighted by Gasteiger charge is -2.36. The maximum absolute atomic E-state index is 14.2. The predicted molar refractivity (Wildman–Crippen MR) is 147 cm³/mol. The smallest absolute Gasteiger partial charge is 0.230 e. The zero-order valence-electron chi connectivity index (χ0n) is 21.9. The highest BCUT2D eigenvalue weighted by Gasteiger charge is 2.27. The van der Waals surface area contributed by atoms with Gasteiger partial charge in [0.15, 0.2) is 5.82 Å². The van der Waals surface area contributed by atoms with E-state index in [0.717, 1.165) is 37.6 Å². The highest BCUT2D eigenvalue weighted by Crippen LogP contribution is 2.28. The van der Waals surface area contributed by atoms with Crippen molar-refractivity contribution in [2.75, 3.05) is 56.0 Å². The first kappa shape index (κ1) is 26.7. The minimum atomic E-state index is -1.12. The zero-order chi connectivity index (χ0) is 27.2. The summed E-state index contributed by atoms with van der Waals surface area (Å²) >= 11 is 0. The van der Waals surface area contributed by atoms with Crippen molar-refractivity contribution in [3.05, 3.63) is 54.4 Å². The first-order valence-electron chi connectivity index (χ1n) is 13.3. The Balaban J connectivity index is 1.23. The van der Waals surface area contributed by atoms with Crippen molar-refractivity contribution in [1.29, 1.82) is 5.26 Å². The normalized spacial score (nSPS) is 20.7. The van der Waals surface area contributed by atoms with Crippen LogP contribution in [0.5, 0.6) is 5.75 Å². The van der Waals surface area contributed by atoms with E-state index in [0.29, 0.717) is 48.2 Å². The molecule has 1 unspecified atom stereocenters. The van der Waals surface area contributed by atoms with E-state index in [1.54, 1.807) is 18.2 Å². The van der Waals surface area contributed by atoms with Crippen LogP contribution in [0.2, 0.25) is 0 Å². The SMILES string of the molecule is C[C@H](O)CN1CCN(c2ccc(Nc3ncnc(-c4ccc(OC5CCNC[C@@H]5F)c(C#N)c4)n3)cc2)CC1.